The molecule has 4 heteroatoms. The molecular formula is C5H7O2PS. The second-order valence-corrected chi connectivity index (χ2v) is 6.94. The predicted octanol–water partition coefficient (Wildman–Crippen LogP) is 1.57. The van der Waals surface area contributed by atoms with Crippen molar-refractivity contribution in [1.82, 2.24) is 0 Å². The van der Waals surface area contributed by atoms with Gasteiger partial charge in [0.15, 0.2) is 0 Å². The maximum atomic E-state index is 11.0. The van der Waals surface area contributed by atoms with Gasteiger partial charge in [-0.15, -0.1) is 6.42 Å². The fourth-order valence-electron chi connectivity index (χ4n) is 0.574. The summed E-state index contributed by atoms with van der Waals surface area (Å²) in [5.74, 6) is 3.08. The van der Waals surface area contributed by atoms with E-state index in [1.807, 2.05) is 0 Å². The van der Waals surface area contributed by atoms with Gasteiger partial charge in [-0.3, -0.25) is 4.57 Å². The summed E-state index contributed by atoms with van der Waals surface area (Å²) in [5.41, 5.74) is 0. The normalized spacial score (nSPS) is 42.4. The monoisotopic (exact) mass is 162 g/mol. The molecule has 0 bridgehead atoms. The van der Waals surface area contributed by atoms with E-state index in [4.69, 9.17) is 10.9 Å². The van der Waals surface area contributed by atoms with Crippen LogP contribution >= 0.6 is 18.0 Å². The van der Waals surface area contributed by atoms with Crippen LogP contribution in [0.15, 0.2) is 0 Å². The number of hydrogen-bond donors (Lipinski definition) is 0. The molecule has 0 radical (unpaired) electrons. The first-order valence-corrected chi connectivity index (χ1v) is 6.17. The second kappa shape index (κ2) is 2.38. The SMILES string of the molecule is C#CC1CSP(C)(=O)O1. The molecule has 2 atom stereocenters. The van der Waals surface area contributed by atoms with Crippen LogP contribution in [-0.2, 0) is 9.09 Å². The second-order valence-electron chi connectivity index (χ2n) is 1.83. The molecule has 50 valence electrons. The maximum Gasteiger partial charge on any atom is 0.256 e. The smallest absolute Gasteiger partial charge is 0.256 e. The van der Waals surface area contributed by atoms with E-state index >= 15 is 0 Å². The first kappa shape index (κ1) is 7.21. The standard InChI is InChI=1S/C5H7O2PS/c1-3-5-4-9-8(2,6)7-5/h1,5H,4H2,2H3. The highest BCUT2D eigenvalue weighted by Crippen LogP contribution is 2.62. The number of hydrogen-bond acceptors (Lipinski definition) is 3. The van der Waals surface area contributed by atoms with Gasteiger partial charge in [0.1, 0.15) is 6.10 Å². The molecule has 1 fully saturated rings. The molecule has 0 amide bonds. The Morgan fingerprint density at radius 3 is 2.89 bits per heavy atom. The molecule has 1 aliphatic heterocycles. The molecule has 1 rings (SSSR count). The van der Waals surface area contributed by atoms with Gasteiger partial charge < -0.3 is 4.52 Å². The predicted molar refractivity (Wildman–Crippen MR) is 39.7 cm³/mol. The molecule has 0 N–H and O–H groups in total. The Labute approximate surface area is 58.6 Å². The molecule has 1 saturated heterocycles. The minimum absolute atomic E-state index is 0.231. The molecule has 0 saturated carbocycles. The van der Waals surface area contributed by atoms with Crippen molar-refractivity contribution >= 4 is 18.0 Å². The van der Waals surface area contributed by atoms with E-state index in [1.54, 1.807) is 6.66 Å². The van der Waals surface area contributed by atoms with Crippen molar-refractivity contribution in [2.75, 3.05) is 12.4 Å². The Balaban J connectivity index is 2.60. The van der Waals surface area contributed by atoms with E-state index in [0.717, 1.165) is 0 Å². The Morgan fingerprint density at radius 1 is 2.00 bits per heavy atom. The van der Waals surface area contributed by atoms with E-state index in [-0.39, 0.29) is 6.10 Å². The van der Waals surface area contributed by atoms with E-state index in [2.05, 4.69) is 5.92 Å². The molecular weight excluding hydrogens is 155 g/mol. The van der Waals surface area contributed by atoms with Crippen molar-refractivity contribution in [3.8, 4) is 12.3 Å². The highest BCUT2D eigenvalue weighted by Gasteiger charge is 2.30. The summed E-state index contributed by atoms with van der Waals surface area (Å²) in [6.45, 7) is -0.749. The molecule has 0 aliphatic carbocycles. The van der Waals surface area contributed by atoms with Crippen molar-refractivity contribution in [1.29, 1.82) is 0 Å². The lowest BCUT2D eigenvalue weighted by molar-refractivity contribution is 0.305. The molecule has 0 aromatic carbocycles. The minimum atomic E-state index is -2.34. The summed E-state index contributed by atoms with van der Waals surface area (Å²) >= 11 is 1.32. The fraction of sp³-hybridized carbons (Fsp3) is 0.600. The van der Waals surface area contributed by atoms with Gasteiger partial charge in [0, 0.05) is 12.4 Å². The van der Waals surface area contributed by atoms with Crippen molar-refractivity contribution in [2.45, 2.75) is 6.10 Å². The van der Waals surface area contributed by atoms with Crippen LogP contribution in [0.25, 0.3) is 0 Å². The largest absolute Gasteiger partial charge is 0.304 e. The van der Waals surface area contributed by atoms with Crippen LogP contribution in [0.5, 0.6) is 0 Å². The number of terminal acetylenes is 1. The molecule has 2 unspecified atom stereocenters. The molecule has 9 heavy (non-hydrogen) atoms. The highest BCUT2D eigenvalue weighted by atomic mass is 32.7. The third kappa shape index (κ3) is 1.76. The lowest BCUT2D eigenvalue weighted by Crippen LogP contribution is -2.01. The van der Waals surface area contributed by atoms with Gasteiger partial charge in [0.2, 0.25) is 0 Å². The summed E-state index contributed by atoms with van der Waals surface area (Å²) < 4.78 is 16.0. The average Bonchev–Trinajstić information content (AvgIpc) is 2.10. The Hall–Kier alpha value is 0.1000. The van der Waals surface area contributed by atoms with Crippen molar-refractivity contribution < 1.29 is 9.09 Å². The number of rotatable bonds is 0. The summed E-state index contributed by atoms with van der Waals surface area (Å²) in [6.07, 6.45) is 4.81. The summed E-state index contributed by atoms with van der Waals surface area (Å²) in [6, 6.07) is 0. The quantitative estimate of drug-likeness (QED) is 0.399. The molecule has 2 nitrogen and oxygen atoms in total. The molecule has 1 aliphatic rings. The summed E-state index contributed by atoms with van der Waals surface area (Å²) in [4.78, 5) is 0. The van der Waals surface area contributed by atoms with Crippen LogP contribution in [0.4, 0.5) is 0 Å². The van der Waals surface area contributed by atoms with Crippen LogP contribution in [0.2, 0.25) is 0 Å². The molecule has 0 aromatic heterocycles. The molecule has 0 spiro atoms. The van der Waals surface area contributed by atoms with Crippen LogP contribution in [0.3, 0.4) is 0 Å². The lowest BCUT2D eigenvalue weighted by Gasteiger charge is -2.00. The molecule has 1 heterocycles. The van der Waals surface area contributed by atoms with Crippen LogP contribution in [0, 0.1) is 12.3 Å². The lowest BCUT2D eigenvalue weighted by atomic mass is 10.4. The average molecular weight is 162 g/mol. The zero-order valence-corrected chi connectivity index (χ0v) is 6.74. The van der Waals surface area contributed by atoms with Gasteiger partial charge in [-0.25, -0.2) is 0 Å². The maximum absolute atomic E-state index is 11.0. The van der Waals surface area contributed by atoms with Crippen molar-refractivity contribution in [2.24, 2.45) is 0 Å². The first-order chi connectivity index (χ1) is 4.14. The van der Waals surface area contributed by atoms with Gasteiger partial charge in [-0.1, -0.05) is 17.3 Å². The third-order valence-electron chi connectivity index (χ3n) is 0.965. The first-order valence-electron chi connectivity index (χ1n) is 2.50. The van der Waals surface area contributed by atoms with Gasteiger partial charge >= 0.3 is 0 Å². The zero-order valence-electron chi connectivity index (χ0n) is 5.03. The van der Waals surface area contributed by atoms with Crippen LogP contribution in [-0.4, -0.2) is 18.5 Å². The van der Waals surface area contributed by atoms with E-state index in [9.17, 15) is 4.57 Å². The van der Waals surface area contributed by atoms with Crippen molar-refractivity contribution in [3.05, 3.63) is 0 Å². The topological polar surface area (TPSA) is 26.3 Å². The van der Waals surface area contributed by atoms with E-state index in [1.165, 1.54) is 11.4 Å². The van der Waals surface area contributed by atoms with Crippen molar-refractivity contribution in [3.63, 3.8) is 0 Å². The Kier molecular flexibility index (Phi) is 1.91. The van der Waals surface area contributed by atoms with Crippen LogP contribution in [0.1, 0.15) is 0 Å². The van der Waals surface area contributed by atoms with Crippen LogP contribution < -0.4 is 0 Å². The summed E-state index contributed by atoms with van der Waals surface area (Å²) in [5, 5.41) is 0. The molecule has 0 aromatic rings. The Bertz CT molecular complexity index is 196. The van der Waals surface area contributed by atoms with E-state index in [0.29, 0.717) is 5.75 Å². The highest BCUT2D eigenvalue weighted by molar-refractivity contribution is 8.56. The summed E-state index contributed by atoms with van der Waals surface area (Å²) in [7, 11) is 0. The minimum Gasteiger partial charge on any atom is -0.304 e. The Morgan fingerprint density at radius 2 is 2.67 bits per heavy atom. The third-order valence-corrected chi connectivity index (χ3v) is 4.64. The van der Waals surface area contributed by atoms with Gasteiger partial charge in [0.25, 0.3) is 6.57 Å². The zero-order chi connectivity index (χ0) is 6.91. The van der Waals surface area contributed by atoms with Gasteiger partial charge in [-0.2, -0.15) is 0 Å². The fourth-order valence-corrected chi connectivity index (χ4v) is 3.62. The van der Waals surface area contributed by atoms with E-state index < -0.39 is 6.57 Å². The van der Waals surface area contributed by atoms with Gasteiger partial charge in [0.05, 0.1) is 0 Å². The van der Waals surface area contributed by atoms with Gasteiger partial charge in [-0.05, 0) is 0 Å².